The summed E-state index contributed by atoms with van der Waals surface area (Å²) < 4.78 is 45.4. The SMILES string of the molecule is COc1ccc(Cl)cc1C(c1cccc(C(F)(F)F)c1)N1CCCCC1C(=O)O. The van der Waals surface area contributed by atoms with Crippen LogP contribution >= 0.6 is 11.6 Å². The maximum atomic E-state index is 13.3. The summed E-state index contributed by atoms with van der Waals surface area (Å²) in [6.45, 7) is 0.438. The molecule has 0 spiro atoms. The van der Waals surface area contributed by atoms with Crippen molar-refractivity contribution >= 4 is 17.6 Å². The van der Waals surface area contributed by atoms with Gasteiger partial charge < -0.3 is 9.84 Å². The van der Waals surface area contributed by atoms with Crippen LogP contribution in [0.2, 0.25) is 5.02 Å². The van der Waals surface area contributed by atoms with Crippen molar-refractivity contribution < 1.29 is 27.8 Å². The lowest BCUT2D eigenvalue weighted by molar-refractivity contribution is -0.145. The van der Waals surface area contributed by atoms with Gasteiger partial charge in [0.2, 0.25) is 0 Å². The number of likely N-dealkylation sites (tertiary alicyclic amines) is 1. The van der Waals surface area contributed by atoms with Gasteiger partial charge in [-0.25, -0.2) is 0 Å². The third-order valence-electron chi connectivity index (χ3n) is 5.18. The Hall–Kier alpha value is -2.25. The van der Waals surface area contributed by atoms with E-state index < -0.39 is 29.8 Å². The molecule has 2 atom stereocenters. The molecule has 2 aromatic rings. The molecule has 0 saturated carbocycles. The summed E-state index contributed by atoms with van der Waals surface area (Å²) in [5.41, 5.74) is 0.0888. The molecule has 29 heavy (non-hydrogen) atoms. The summed E-state index contributed by atoms with van der Waals surface area (Å²) in [6, 6.07) is 8.31. The zero-order valence-electron chi connectivity index (χ0n) is 15.7. The van der Waals surface area contributed by atoms with Crippen molar-refractivity contribution in [2.24, 2.45) is 0 Å². The van der Waals surface area contributed by atoms with Crippen LogP contribution in [0.1, 0.15) is 42.0 Å². The maximum absolute atomic E-state index is 13.3. The van der Waals surface area contributed by atoms with Gasteiger partial charge >= 0.3 is 12.1 Å². The molecule has 2 aromatic carbocycles. The Bertz CT molecular complexity index is 888. The highest BCUT2D eigenvalue weighted by Crippen LogP contribution is 2.41. The molecule has 0 aromatic heterocycles. The summed E-state index contributed by atoms with van der Waals surface area (Å²) in [5.74, 6) is -0.561. The molecule has 0 aliphatic carbocycles. The van der Waals surface area contributed by atoms with Gasteiger partial charge in [0.15, 0.2) is 0 Å². The third-order valence-corrected chi connectivity index (χ3v) is 5.41. The molecule has 1 N–H and O–H groups in total. The number of carbonyl (C=O) groups is 1. The Morgan fingerprint density at radius 2 is 2.00 bits per heavy atom. The van der Waals surface area contributed by atoms with Crippen LogP contribution in [0.4, 0.5) is 13.2 Å². The number of aliphatic carboxylic acids is 1. The molecule has 1 aliphatic heterocycles. The second-order valence-corrected chi connectivity index (χ2v) is 7.44. The molecule has 3 rings (SSSR count). The minimum absolute atomic E-state index is 0.341. The number of carboxylic acid groups (broad SMARTS) is 1. The fourth-order valence-corrected chi connectivity index (χ4v) is 4.06. The van der Waals surface area contributed by atoms with Crippen molar-refractivity contribution in [2.75, 3.05) is 13.7 Å². The van der Waals surface area contributed by atoms with Crippen molar-refractivity contribution in [3.8, 4) is 5.75 Å². The number of methoxy groups -OCH3 is 1. The van der Waals surface area contributed by atoms with Gasteiger partial charge in [0.1, 0.15) is 11.8 Å². The van der Waals surface area contributed by atoms with Crippen molar-refractivity contribution in [1.82, 2.24) is 4.90 Å². The zero-order chi connectivity index (χ0) is 21.2. The molecule has 1 fully saturated rings. The summed E-state index contributed by atoms with van der Waals surface area (Å²) in [4.78, 5) is 13.6. The van der Waals surface area contributed by atoms with Crippen molar-refractivity contribution in [3.63, 3.8) is 0 Å². The minimum Gasteiger partial charge on any atom is -0.496 e. The molecule has 4 nitrogen and oxygen atoms in total. The molecule has 8 heteroatoms. The molecule has 0 bridgehead atoms. The van der Waals surface area contributed by atoms with E-state index in [4.69, 9.17) is 16.3 Å². The summed E-state index contributed by atoms with van der Waals surface area (Å²) in [5, 5.41) is 10.1. The highest BCUT2D eigenvalue weighted by atomic mass is 35.5. The molecule has 2 unspecified atom stereocenters. The van der Waals surface area contributed by atoms with Gasteiger partial charge in [0.05, 0.1) is 18.7 Å². The molecule has 0 amide bonds. The van der Waals surface area contributed by atoms with Crippen LogP contribution in [0, 0.1) is 0 Å². The Labute approximate surface area is 171 Å². The predicted octanol–water partition coefficient (Wildman–Crippen LogP) is 5.40. The van der Waals surface area contributed by atoms with Crippen molar-refractivity contribution in [2.45, 2.75) is 37.5 Å². The first-order chi connectivity index (χ1) is 13.7. The zero-order valence-corrected chi connectivity index (χ0v) is 16.5. The number of halogens is 4. The molecule has 0 radical (unpaired) electrons. The van der Waals surface area contributed by atoms with E-state index in [9.17, 15) is 23.1 Å². The van der Waals surface area contributed by atoms with Crippen molar-refractivity contribution in [1.29, 1.82) is 0 Å². The van der Waals surface area contributed by atoms with E-state index in [0.717, 1.165) is 25.0 Å². The van der Waals surface area contributed by atoms with E-state index in [1.54, 1.807) is 29.2 Å². The Morgan fingerprint density at radius 3 is 2.66 bits per heavy atom. The maximum Gasteiger partial charge on any atom is 0.416 e. The molecule has 1 aliphatic rings. The topological polar surface area (TPSA) is 49.8 Å². The van der Waals surface area contributed by atoms with Gasteiger partial charge in [-0.2, -0.15) is 13.2 Å². The van der Waals surface area contributed by atoms with Gasteiger partial charge in [0.25, 0.3) is 0 Å². The molecule has 1 heterocycles. The highest BCUT2D eigenvalue weighted by molar-refractivity contribution is 6.30. The lowest BCUT2D eigenvalue weighted by Crippen LogP contribution is -2.47. The van der Waals surface area contributed by atoms with Crippen LogP contribution in [-0.4, -0.2) is 35.7 Å². The Kier molecular flexibility index (Phi) is 6.39. The van der Waals surface area contributed by atoms with Gasteiger partial charge in [-0.1, -0.05) is 30.2 Å². The number of nitrogens with zero attached hydrogens (tertiary/aromatic N) is 1. The van der Waals surface area contributed by atoms with Gasteiger partial charge in [-0.15, -0.1) is 0 Å². The highest BCUT2D eigenvalue weighted by Gasteiger charge is 2.38. The second-order valence-electron chi connectivity index (χ2n) is 7.00. The molecular weight excluding hydrogens is 407 g/mol. The first kappa shape index (κ1) is 21.5. The number of hydrogen-bond donors (Lipinski definition) is 1. The Morgan fingerprint density at radius 1 is 1.24 bits per heavy atom. The standard InChI is InChI=1S/C21H21ClF3NO3/c1-29-18-9-8-15(22)12-16(18)19(26-10-3-2-7-17(26)20(27)28)13-5-4-6-14(11-13)21(23,24)25/h4-6,8-9,11-12,17,19H,2-3,7,10H2,1H3,(H,27,28). The van der Waals surface area contributed by atoms with Gasteiger partial charge in [-0.3, -0.25) is 9.69 Å². The summed E-state index contributed by atoms with van der Waals surface area (Å²) in [7, 11) is 1.46. The van der Waals surface area contributed by atoms with Crippen LogP contribution in [0.25, 0.3) is 0 Å². The third kappa shape index (κ3) is 4.67. The van der Waals surface area contributed by atoms with Crippen LogP contribution in [-0.2, 0) is 11.0 Å². The first-order valence-electron chi connectivity index (χ1n) is 9.21. The van der Waals surface area contributed by atoms with E-state index in [0.29, 0.717) is 34.9 Å². The normalized spacial score (nSPS) is 19.0. The average Bonchev–Trinajstić information content (AvgIpc) is 2.68. The monoisotopic (exact) mass is 427 g/mol. The molecular formula is C21H21ClF3NO3. The number of ether oxygens (including phenoxy) is 1. The van der Waals surface area contributed by atoms with Gasteiger partial charge in [0, 0.05) is 10.6 Å². The second kappa shape index (κ2) is 8.63. The average molecular weight is 428 g/mol. The number of hydrogen-bond acceptors (Lipinski definition) is 3. The fraction of sp³-hybridized carbons (Fsp3) is 0.381. The lowest BCUT2D eigenvalue weighted by atomic mass is 9.90. The fourth-order valence-electron chi connectivity index (χ4n) is 3.88. The number of piperidine rings is 1. The number of benzene rings is 2. The lowest BCUT2D eigenvalue weighted by Gasteiger charge is -2.40. The van der Waals surface area contributed by atoms with E-state index in [1.165, 1.54) is 13.2 Å². The quantitative estimate of drug-likeness (QED) is 0.694. The predicted molar refractivity (Wildman–Crippen MR) is 103 cm³/mol. The Balaban J connectivity index is 2.20. The van der Waals surface area contributed by atoms with E-state index in [2.05, 4.69) is 0 Å². The molecule has 156 valence electrons. The van der Waals surface area contributed by atoms with E-state index >= 15 is 0 Å². The van der Waals surface area contributed by atoms with Crippen LogP contribution in [0.15, 0.2) is 42.5 Å². The summed E-state index contributed by atoms with van der Waals surface area (Å²) in [6.07, 6.45) is -2.58. The van der Waals surface area contributed by atoms with Crippen LogP contribution < -0.4 is 4.74 Å². The number of rotatable bonds is 5. The number of alkyl halides is 3. The van der Waals surface area contributed by atoms with Crippen LogP contribution in [0.3, 0.4) is 0 Å². The largest absolute Gasteiger partial charge is 0.496 e. The summed E-state index contributed by atoms with van der Waals surface area (Å²) >= 11 is 6.18. The van der Waals surface area contributed by atoms with Crippen molar-refractivity contribution in [3.05, 3.63) is 64.2 Å². The smallest absolute Gasteiger partial charge is 0.416 e. The minimum atomic E-state index is -4.51. The van der Waals surface area contributed by atoms with E-state index in [-0.39, 0.29) is 0 Å². The molecule has 1 saturated heterocycles. The van der Waals surface area contributed by atoms with Gasteiger partial charge in [-0.05, 0) is 55.3 Å². The van der Waals surface area contributed by atoms with Crippen LogP contribution in [0.5, 0.6) is 5.75 Å². The first-order valence-corrected chi connectivity index (χ1v) is 9.59. The number of carboxylic acids is 1. The van der Waals surface area contributed by atoms with E-state index in [1.807, 2.05) is 0 Å².